The minimum atomic E-state index is 0.421. The van der Waals surface area contributed by atoms with Crippen LogP contribution in [-0.2, 0) is 0 Å². The highest BCUT2D eigenvalue weighted by atomic mass is 15.7. The lowest BCUT2D eigenvalue weighted by Gasteiger charge is -2.21. The molecule has 1 saturated heterocycles. The predicted molar refractivity (Wildman–Crippen MR) is 43.8 cm³/mol. The van der Waals surface area contributed by atoms with Crippen LogP contribution in [0.25, 0.3) is 0 Å². The molecule has 0 aromatic carbocycles. The zero-order valence-electron chi connectivity index (χ0n) is 6.95. The summed E-state index contributed by atoms with van der Waals surface area (Å²) in [5.74, 6) is 0. The lowest BCUT2D eigenvalue weighted by atomic mass is 9.84. The van der Waals surface area contributed by atoms with Crippen LogP contribution in [0.15, 0.2) is 0 Å². The first-order chi connectivity index (χ1) is 5.33. The van der Waals surface area contributed by atoms with Gasteiger partial charge in [-0.15, -0.1) is 0 Å². The van der Waals surface area contributed by atoms with Crippen LogP contribution in [-0.4, -0.2) is 5.66 Å². The van der Waals surface area contributed by atoms with E-state index in [1.165, 1.54) is 44.9 Å². The van der Waals surface area contributed by atoms with Gasteiger partial charge in [-0.2, -0.15) is 0 Å². The van der Waals surface area contributed by atoms with E-state index in [1.807, 2.05) is 0 Å². The Morgan fingerprint density at radius 2 is 1.55 bits per heavy atom. The summed E-state index contributed by atoms with van der Waals surface area (Å²) in [6.07, 6.45) is 10.2. The summed E-state index contributed by atoms with van der Waals surface area (Å²) < 4.78 is 0. The van der Waals surface area contributed by atoms with Crippen LogP contribution in [0.3, 0.4) is 0 Å². The van der Waals surface area contributed by atoms with Crippen LogP contribution in [0, 0.1) is 5.41 Å². The molecule has 0 aromatic heterocycles. The average molecular weight is 152 g/mol. The third-order valence-electron chi connectivity index (χ3n) is 3.90. The first kappa shape index (κ1) is 6.44. The van der Waals surface area contributed by atoms with Crippen molar-refractivity contribution < 1.29 is 0 Å². The quantitative estimate of drug-likeness (QED) is 0.517. The monoisotopic (exact) mass is 152 g/mol. The summed E-state index contributed by atoms with van der Waals surface area (Å²) in [5, 5.41) is 0. The highest BCUT2D eigenvalue weighted by molar-refractivity contribution is 5.07. The van der Waals surface area contributed by atoms with Gasteiger partial charge in [0.1, 0.15) is 0 Å². The molecule has 0 aromatic rings. The summed E-state index contributed by atoms with van der Waals surface area (Å²) in [6.45, 7) is 0. The van der Waals surface area contributed by atoms with Crippen molar-refractivity contribution in [3.63, 3.8) is 0 Å². The van der Waals surface area contributed by atoms with Crippen molar-refractivity contribution in [2.75, 3.05) is 0 Å². The van der Waals surface area contributed by atoms with Gasteiger partial charge in [-0.3, -0.25) is 0 Å². The highest BCUT2D eigenvalue weighted by Gasteiger charge is 2.55. The van der Waals surface area contributed by atoms with E-state index in [0.29, 0.717) is 5.66 Å². The molecule has 0 unspecified atom stereocenters. The zero-order chi connectivity index (χ0) is 7.36. The number of hydrogen-bond acceptors (Lipinski definition) is 2. The van der Waals surface area contributed by atoms with E-state index in [9.17, 15) is 0 Å². The maximum absolute atomic E-state index is 3.31. The fourth-order valence-corrected chi connectivity index (χ4v) is 3.15. The minimum absolute atomic E-state index is 0.421. The van der Waals surface area contributed by atoms with Crippen LogP contribution in [0.5, 0.6) is 0 Å². The summed E-state index contributed by atoms with van der Waals surface area (Å²) in [7, 11) is 0. The van der Waals surface area contributed by atoms with Gasteiger partial charge in [0.25, 0.3) is 0 Å². The second-order valence-electron chi connectivity index (χ2n) is 4.72. The number of hydrazine groups is 1. The van der Waals surface area contributed by atoms with Gasteiger partial charge < -0.3 is 0 Å². The van der Waals surface area contributed by atoms with Crippen LogP contribution in [0.4, 0.5) is 0 Å². The van der Waals surface area contributed by atoms with E-state index in [2.05, 4.69) is 10.9 Å². The van der Waals surface area contributed by atoms with Crippen molar-refractivity contribution in [1.82, 2.24) is 10.9 Å². The number of hydrogen-bond donors (Lipinski definition) is 2. The summed E-state index contributed by atoms with van der Waals surface area (Å²) in [5.41, 5.74) is 7.80. The van der Waals surface area contributed by atoms with Gasteiger partial charge in [0.15, 0.2) is 0 Å². The normalized spacial score (nSPS) is 37.1. The third kappa shape index (κ3) is 0.859. The highest BCUT2D eigenvalue weighted by Crippen LogP contribution is 2.55. The second-order valence-corrected chi connectivity index (χ2v) is 4.72. The largest absolute Gasteiger partial charge is 0.235 e. The van der Waals surface area contributed by atoms with Crippen LogP contribution in [0.1, 0.15) is 44.9 Å². The summed E-state index contributed by atoms with van der Waals surface area (Å²) in [4.78, 5) is 0. The van der Waals surface area contributed by atoms with E-state index in [-0.39, 0.29) is 0 Å². The van der Waals surface area contributed by atoms with E-state index in [1.54, 1.807) is 0 Å². The Labute approximate surface area is 67.7 Å². The van der Waals surface area contributed by atoms with Gasteiger partial charge in [0.2, 0.25) is 0 Å². The van der Waals surface area contributed by atoms with Crippen molar-refractivity contribution in [2.24, 2.45) is 5.41 Å². The molecule has 1 aliphatic heterocycles. The Morgan fingerprint density at radius 1 is 0.818 bits per heavy atom. The molecule has 2 saturated carbocycles. The molecule has 62 valence electrons. The lowest BCUT2D eigenvalue weighted by molar-refractivity contribution is 0.300. The van der Waals surface area contributed by atoms with Gasteiger partial charge in [0.05, 0.1) is 5.66 Å². The molecule has 11 heavy (non-hydrogen) atoms. The summed E-state index contributed by atoms with van der Waals surface area (Å²) >= 11 is 0. The molecule has 0 amide bonds. The second kappa shape index (κ2) is 1.80. The van der Waals surface area contributed by atoms with Crippen LogP contribution in [0.2, 0.25) is 0 Å². The number of nitrogens with one attached hydrogen (secondary N) is 2. The molecule has 0 bridgehead atoms. The molecule has 3 rings (SSSR count). The fraction of sp³-hybridized carbons (Fsp3) is 1.00. The molecule has 2 aliphatic carbocycles. The smallest absolute Gasteiger partial charge is 0.0949 e. The number of rotatable bonds is 0. The Bertz CT molecular complexity index is 178. The molecule has 2 spiro atoms. The van der Waals surface area contributed by atoms with E-state index in [0.717, 1.165) is 5.41 Å². The Morgan fingerprint density at radius 3 is 2.09 bits per heavy atom. The van der Waals surface area contributed by atoms with Crippen molar-refractivity contribution in [2.45, 2.75) is 50.6 Å². The molecular weight excluding hydrogens is 136 g/mol. The first-order valence-corrected chi connectivity index (χ1v) is 4.87. The standard InChI is InChI=1S/C9H16N2/c1-2-4-8(3-1)5-6-9(7-8)10-11-9/h10-11H,1-7H2. The fourth-order valence-electron chi connectivity index (χ4n) is 3.15. The third-order valence-corrected chi connectivity index (χ3v) is 3.90. The van der Waals surface area contributed by atoms with Crippen molar-refractivity contribution in [3.8, 4) is 0 Å². The topological polar surface area (TPSA) is 43.9 Å². The van der Waals surface area contributed by atoms with Gasteiger partial charge in [-0.05, 0) is 37.5 Å². The van der Waals surface area contributed by atoms with E-state index >= 15 is 0 Å². The van der Waals surface area contributed by atoms with Gasteiger partial charge in [-0.25, -0.2) is 10.9 Å². The van der Waals surface area contributed by atoms with Gasteiger partial charge >= 0.3 is 0 Å². The summed E-state index contributed by atoms with van der Waals surface area (Å²) in [6, 6.07) is 0. The SMILES string of the molecule is C1CCC2(C1)CCC1(C2)NN1. The predicted octanol–water partition coefficient (Wildman–Crippen LogP) is 1.53. The van der Waals surface area contributed by atoms with E-state index in [4.69, 9.17) is 0 Å². The molecule has 2 nitrogen and oxygen atoms in total. The van der Waals surface area contributed by atoms with Gasteiger partial charge in [-0.1, -0.05) is 12.8 Å². The molecule has 2 N–H and O–H groups in total. The zero-order valence-corrected chi connectivity index (χ0v) is 6.95. The minimum Gasteiger partial charge on any atom is -0.235 e. The Hall–Kier alpha value is -0.0800. The first-order valence-electron chi connectivity index (χ1n) is 4.87. The van der Waals surface area contributed by atoms with Crippen molar-refractivity contribution in [3.05, 3.63) is 0 Å². The van der Waals surface area contributed by atoms with Crippen LogP contribution < -0.4 is 10.9 Å². The molecule has 0 radical (unpaired) electrons. The molecule has 3 fully saturated rings. The lowest BCUT2D eigenvalue weighted by Crippen LogP contribution is -2.17. The molecule has 1 heterocycles. The Balaban J connectivity index is 1.80. The van der Waals surface area contributed by atoms with Crippen molar-refractivity contribution in [1.29, 1.82) is 0 Å². The average Bonchev–Trinajstić information content (AvgIpc) is 2.46. The maximum Gasteiger partial charge on any atom is 0.0949 e. The van der Waals surface area contributed by atoms with E-state index < -0.39 is 0 Å². The maximum atomic E-state index is 3.31. The van der Waals surface area contributed by atoms with Gasteiger partial charge in [0, 0.05) is 0 Å². The van der Waals surface area contributed by atoms with Crippen molar-refractivity contribution >= 4 is 0 Å². The Kier molecular flexibility index (Phi) is 1.06. The molecule has 0 atom stereocenters. The molecule has 2 heteroatoms. The van der Waals surface area contributed by atoms with Crippen LogP contribution >= 0.6 is 0 Å². The molecular formula is C9H16N2. The molecule has 3 aliphatic rings.